The maximum atomic E-state index is 14.0. The molecule has 0 aliphatic heterocycles. The minimum Gasteiger partial charge on any atom is -0.457 e. The highest BCUT2D eigenvalue weighted by Gasteiger charge is 2.54. The second-order valence-electron chi connectivity index (χ2n) is 11.9. The number of non-ortho nitro benzene ring substituents is 1. The van der Waals surface area contributed by atoms with Crippen LogP contribution >= 0.6 is 11.6 Å². The lowest BCUT2D eigenvalue weighted by molar-refractivity contribution is -0.384. The van der Waals surface area contributed by atoms with Crippen molar-refractivity contribution in [1.29, 1.82) is 0 Å². The minimum absolute atomic E-state index is 0.118. The Morgan fingerprint density at radius 1 is 0.951 bits per heavy atom. The van der Waals surface area contributed by atoms with Gasteiger partial charge in [-0.25, -0.2) is 4.68 Å². The van der Waals surface area contributed by atoms with Gasteiger partial charge in [-0.3, -0.25) is 14.9 Å². The molecule has 1 amide bonds. The van der Waals surface area contributed by atoms with E-state index in [1.807, 2.05) is 30.3 Å². The molecule has 8 nitrogen and oxygen atoms in total. The molecule has 8 rings (SSSR count). The van der Waals surface area contributed by atoms with Crippen LogP contribution in [0.1, 0.15) is 54.6 Å². The number of aromatic nitrogens is 2. The fraction of sp³-hybridized carbons (Fsp3) is 0.312. The minimum atomic E-state index is -0.501. The summed E-state index contributed by atoms with van der Waals surface area (Å²) >= 11 is 5.97. The summed E-state index contributed by atoms with van der Waals surface area (Å²) in [4.78, 5) is 25.2. The molecule has 1 aromatic heterocycles. The quantitative estimate of drug-likeness (QED) is 0.180. The number of anilines is 1. The van der Waals surface area contributed by atoms with Gasteiger partial charge in [-0.1, -0.05) is 29.8 Å². The molecule has 9 heteroatoms. The van der Waals surface area contributed by atoms with Crippen LogP contribution in [-0.4, -0.2) is 20.6 Å². The molecule has 4 aromatic rings. The number of carbonyl (C=O) groups excluding carboxylic acids is 1. The third-order valence-corrected chi connectivity index (χ3v) is 9.18. The number of hydrogen-bond acceptors (Lipinski definition) is 5. The molecule has 1 heterocycles. The highest BCUT2D eigenvalue weighted by molar-refractivity contribution is 6.30. The van der Waals surface area contributed by atoms with Crippen molar-refractivity contribution in [2.24, 2.45) is 17.8 Å². The van der Waals surface area contributed by atoms with Gasteiger partial charge in [0.15, 0.2) is 0 Å². The van der Waals surface area contributed by atoms with Crippen molar-refractivity contribution in [3.63, 3.8) is 0 Å². The van der Waals surface area contributed by atoms with Crippen LogP contribution in [0.2, 0.25) is 5.02 Å². The van der Waals surface area contributed by atoms with Crippen LogP contribution in [-0.2, 0) is 5.41 Å². The topological polar surface area (TPSA) is 99.3 Å². The maximum Gasteiger partial charge on any atom is 0.275 e. The molecule has 4 aliphatic rings. The van der Waals surface area contributed by atoms with Gasteiger partial charge in [-0.15, -0.1) is 0 Å². The number of benzene rings is 3. The van der Waals surface area contributed by atoms with E-state index < -0.39 is 4.92 Å². The number of nitrogens with one attached hydrogen (secondary N) is 1. The number of rotatable bonds is 7. The molecule has 0 atom stereocenters. The average molecular weight is 569 g/mol. The first-order chi connectivity index (χ1) is 19.8. The smallest absolute Gasteiger partial charge is 0.275 e. The maximum absolute atomic E-state index is 14.0. The summed E-state index contributed by atoms with van der Waals surface area (Å²) in [6.07, 6.45) is 8.82. The van der Waals surface area contributed by atoms with E-state index in [0.717, 1.165) is 30.6 Å². The number of para-hydroxylation sites is 1. The number of hydrogen-bond donors (Lipinski definition) is 1. The van der Waals surface area contributed by atoms with Crippen LogP contribution in [0.5, 0.6) is 11.5 Å². The summed E-state index contributed by atoms with van der Waals surface area (Å²) in [6.45, 7) is 0. The molecule has 4 bridgehead atoms. The standard InChI is InChI=1S/C32H29ClN4O4/c33-23-6-8-27(9-7-23)41-28-14-24(13-26(15-28)37(39)40)34-31(38)29-19-36(25-4-2-1-3-5-25)35-30(29)32-16-20-10-21(17-32)12-22(11-20)18-32/h1-9,13-15,19-22H,10-12,16-18H2,(H,34,38). The van der Waals surface area contributed by atoms with E-state index >= 15 is 0 Å². The molecule has 0 radical (unpaired) electrons. The predicted molar refractivity (Wildman–Crippen MR) is 156 cm³/mol. The van der Waals surface area contributed by atoms with Gasteiger partial charge in [0.05, 0.1) is 33.6 Å². The van der Waals surface area contributed by atoms with Crippen LogP contribution in [0.4, 0.5) is 11.4 Å². The van der Waals surface area contributed by atoms with Gasteiger partial charge in [0.2, 0.25) is 0 Å². The van der Waals surface area contributed by atoms with Crippen LogP contribution in [0.3, 0.4) is 0 Å². The van der Waals surface area contributed by atoms with Crippen molar-refractivity contribution in [2.75, 3.05) is 5.32 Å². The lowest BCUT2D eigenvalue weighted by Crippen LogP contribution is -2.49. The fourth-order valence-electron chi connectivity index (χ4n) is 7.70. The Balaban J connectivity index is 1.25. The summed E-state index contributed by atoms with van der Waals surface area (Å²) in [7, 11) is 0. The highest BCUT2D eigenvalue weighted by atomic mass is 35.5. The molecule has 0 spiro atoms. The van der Waals surface area contributed by atoms with Crippen molar-refractivity contribution >= 4 is 28.9 Å². The van der Waals surface area contributed by atoms with Crippen LogP contribution in [0.15, 0.2) is 79.0 Å². The van der Waals surface area contributed by atoms with Gasteiger partial charge >= 0.3 is 0 Å². The largest absolute Gasteiger partial charge is 0.457 e. The van der Waals surface area contributed by atoms with Crippen LogP contribution in [0, 0.1) is 27.9 Å². The molecule has 4 fully saturated rings. The molecule has 41 heavy (non-hydrogen) atoms. The number of nitro benzene ring substituents is 1. The zero-order valence-electron chi connectivity index (χ0n) is 22.3. The third-order valence-electron chi connectivity index (χ3n) is 8.93. The van der Waals surface area contributed by atoms with Gasteiger partial charge in [-0.05, 0) is 92.7 Å². The Morgan fingerprint density at radius 2 is 1.61 bits per heavy atom. The average Bonchev–Trinajstić information content (AvgIpc) is 3.41. The lowest BCUT2D eigenvalue weighted by atomic mass is 9.48. The Hall–Kier alpha value is -4.17. The normalized spacial score (nSPS) is 24.3. The summed E-state index contributed by atoms with van der Waals surface area (Å²) < 4.78 is 7.67. The molecular weight excluding hydrogens is 540 g/mol. The number of amides is 1. The summed E-state index contributed by atoms with van der Waals surface area (Å²) in [5.41, 5.74) is 2.22. The number of carbonyl (C=O) groups is 1. The molecule has 0 saturated heterocycles. The van der Waals surface area contributed by atoms with E-state index in [1.54, 1.807) is 41.2 Å². The highest BCUT2D eigenvalue weighted by Crippen LogP contribution is 2.61. The van der Waals surface area contributed by atoms with Gasteiger partial charge in [0.25, 0.3) is 11.6 Å². The zero-order chi connectivity index (χ0) is 28.1. The monoisotopic (exact) mass is 568 g/mol. The lowest BCUT2D eigenvalue weighted by Gasteiger charge is -2.56. The van der Waals surface area contributed by atoms with Crippen LogP contribution in [0.25, 0.3) is 5.69 Å². The van der Waals surface area contributed by atoms with Gasteiger partial charge < -0.3 is 10.1 Å². The van der Waals surface area contributed by atoms with Gasteiger partial charge in [-0.2, -0.15) is 5.10 Å². The Labute approximate surface area is 242 Å². The van der Waals surface area contributed by atoms with Gasteiger partial charge in [0.1, 0.15) is 11.5 Å². The number of halogens is 1. The third kappa shape index (κ3) is 4.97. The molecule has 4 saturated carbocycles. The van der Waals surface area contributed by atoms with Crippen LogP contribution < -0.4 is 10.1 Å². The fourth-order valence-corrected chi connectivity index (χ4v) is 7.83. The summed E-state index contributed by atoms with van der Waals surface area (Å²) in [5, 5.41) is 20.3. The Kier molecular flexibility index (Phi) is 6.31. The van der Waals surface area contributed by atoms with Crippen molar-refractivity contribution in [2.45, 2.75) is 43.9 Å². The second kappa shape index (κ2) is 10.0. The Morgan fingerprint density at radius 3 is 2.24 bits per heavy atom. The molecule has 4 aliphatic carbocycles. The van der Waals surface area contributed by atoms with E-state index in [9.17, 15) is 14.9 Å². The Bertz CT molecular complexity index is 1600. The van der Waals surface area contributed by atoms with Crippen molar-refractivity contribution in [1.82, 2.24) is 9.78 Å². The van der Waals surface area contributed by atoms with E-state index in [2.05, 4.69) is 5.32 Å². The van der Waals surface area contributed by atoms with E-state index in [-0.39, 0.29) is 28.4 Å². The molecule has 208 valence electrons. The van der Waals surface area contributed by atoms with E-state index in [1.165, 1.54) is 31.4 Å². The predicted octanol–water partition coefficient (Wildman–Crippen LogP) is 7.95. The first-order valence-corrected chi connectivity index (χ1v) is 14.4. The molecule has 1 N–H and O–H groups in total. The van der Waals surface area contributed by atoms with Gasteiger partial charge in [0, 0.05) is 28.8 Å². The molecule has 3 aromatic carbocycles. The van der Waals surface area contributed by atoms with Crippen molar-refractivity contribution in [3.05, 3.63) is 105 Å². The SMILES string of the molecule is O=C(Nc1cc(Oc2ccc(Cl)cc2)cc([N+](=O)[O-])c1)c1cn(-c2ccccc2)nc1C12CC3CC(CC(C3)C1)C2. The summed E-state index contributed by atoms with van der Waals surface area (Å²) in [6, 6.07) is 20.8. The second-order valence-corrected chi connectivity index (χ2v) is 12.3. The number of nitro groups is 1. The molecule has 0 unspecified atom stereocenters. The first kappa shape index (κ1) is 25.8. The summed E-state index contributed by atoms with van der Waals surface area (Å²) in [5.74, 6) is 2.42. The molecular formula is C32H29ClN4O4. The zero-order valence-corrected chi connectivity index (χ0v) is 23.1. The van der Waals surface area contributed by atoms with E-state index in [0.29, 0.717) is 34.1 Å². The van der Waals surface area contributed by atoms with Crippen molar-refractivity contribution < 1.29 is 14.5 Å². The number of nitrogens with zero attached hydrogens (tertiary/aromatic N) is 3. The number of ether oxygens (including phenoxy) is 1. The van der Waals surface area contributed by atoms with E-state index in [4.69, 9.17) is 21.4 Å². The van der Waals surface area contributed by atoms with Crippen molar-refractivity contribution in [3.8, 4) is 17.2 Å². The first-order valence-electron chi connectivity index (χ1n) is 14.0.